The third-order valence-corrected chi connectivity index (χ3v) is 9.25. The van der Waals surface area contributed by atoms with Gasteiger partial charge in [0, 0.05) is 5.41 Å². The highest BCUT2D eigenvalue weighted by Crippen LogP contribution is 2.59. The Morgan fingerprint density at radius 1 is 1.09 bits per heavy atom. The third kappa shape index (κ3) is 3.96. The molecule has 6 heteroatoms. The van der Waals surface area contributed by atoms with Gasteiger partial charge >= 0.3 is 17.9 Å². The number of carbonyl (C=O) groups excluding carboxylic acids is 3. The molecule has 5 fully saturated rings. The quantitative estimate of drug-likeness (QED) is 0.416. The minimum Gasteiger partial charge on any atom is -0.462 e. The van der Waals surface area contributed by atoms with Crippen molar-refractivity contribution in [3.05, 3.63) is 0 Å². The van der Waals surface area contributed by atoms with E-state index in [9.17, 15) is 14.4 Å². The van der Waals surface area contributed by atoms with Gasteiger partial charge in [-0.25, -0.2) is 4.79 Å². The van der Waals surface area contributed by atoms with Gasteiger partial charge in [-0.3, -0.25) is 9.59 Å². The highest BCUT2D eigenvalue weighted by molar-refractivity contribution is 5.83. The molecule has 3 unspecified atom stereocenters. The van der Waals surface area contributed by atoms with Crippen molar-refractivity contribution in [2.45, 2.75) is 98.2 Å². The van der Waals surface area contributed by atoms with Crippen LogP contribution in [-0.4, -0.2) is 36.2 Å². The molecule has 0 aromatic carbocycles. The summed E-state index contributed by atoms with van der Waals surface area (Å²) in [6.07, 6.45) is 6.08. The first kappa shape index (κ1) is 23.6. The number of hydrogen-bond donors (Lipinski definition) is 0. The van der Waals surface area contributed by atoms with E-state index >= 15 is 0 Å². The number of rotatable bonds is 7. The fourth-order valence-corrected chi connectivity index (χ4v) is 6.91. The van der Waals surface area contributed by atoms with Gasteiger partial charge in [0.15, 0.2) is 0 Å². The summed E-state index contributed by atoms with van der Waals surface area (Å²) in [6.45, 7) is 11.7. The molecular weight excluding hydrogens is 408 g/mol. The Morgan fingerprint density at radius 3 is 2.12 bits per heavy atom. The predicted octanol–water partition coefficient (Wildman–Crippen LogP) is 4.68. The maximum absolute atomic E-state index is 13.5. The molecule has 4 saturated carbocycles. The van der Waals surface area contributed by atoms with Crippen LogP contribution in [0.2, 0.25) is 0 Å². The largest absolute Gasteiger partial charge is 0.462 e. The fraction of sp³-hybridized carbons (Fsp3) is 0.885. The Labute approximate surface area is 192 Å². The Morgan fingerprint density at radius 2 is 1.66 bits per heavy atom. The smallest absolute Gasteiger partial charge is 0.348 e. The second-order valence-electron chi connectivity index (χ2n) is 12.3. The maximum atomic E-state index is 13.5. The molecular formula is C26H40O6. The fourth-order valence-electron chi connectivity index (χ4n) is 6.91. The highest BCUT2D eigenvalue weighted by atomic mass is 16.6. The number of ether oxygens (including phenoxy) is 3. The molecule has 0 radical (unpaired) electrons. The molecule has 32 heavy (non-hydrogen) atoms. The van der Waals surface area contributed by atoms with E-state index in [1.54, 1.807) is 6.92 Å². The maximum Gasteiger partial charge on any atom is 0.348 e. The summed E-state index contributed by atoms with van der Waals surface area (Å²) in [5, 5.41) is 0. The van der Waals surface area contributed by atoms with Crippen molar-refractivity contribution in [1.29, 1.82) is 0 Å². The zero-order chi connectivity index (χ0) is 23.5. The first-order valence-electron chi connectivity index (χ1n) is 12.5. The molecule has 0 aromatic rings. The molecule has 0 N–H and O–H groups in total. The molecule has 4 aliphatic carbocycles. The summed E-state index contributed by atoms with van der Waals surface area (Å²) in [7, 11) is 0. The zero-order valence-corrected chi connectivity index (χ0v) is 20.6. The summed E-state index contributed by atoms with van der Waals surface area (Å²) in [5.74, 6) is 0.853. The zero-order valence-electron chi connectivity index (χ0n) is 20.6. The van der Waals surface area contributed by atoms with Crippen LogP contribution in [0.3, 0.4) is 0 Å². The van der Waals surface area contributed by atoms with E-state index in [-0.39, 0.29) is 18.2 Å². The summed E-state index contributed by atoms with van der Waals surface area (Å²) in [5.41, 5.74) is -1.71. The molecule has 1 saturated heterocycles. The molecule has 5 rings (SSSR count). The van der Waals surface area contributed by atoms with Gasteiger partial charge in [-0.2, -0.15) is 0 Å². The molecule has 0 aromatic heterocycles. The Kier molecular flexibility index (Phi) is 5.90. The molecule has 3 atom stereocenters. The first-order chi connectivity index (χ1) is 14.9. The van der Waals surface area contributed by atoms with Crippen LogP contribution in [-0.2, 0) is 28.6 Å². The third-order valence-electron chi connectivity index (χ3n) is 9.25. The van der Waals surface area contributed by atoms with Crippen LogP contribution in [0.1, 0.15) is 86.5 Å². The first-order valence-corrected chi connectivity index (χ1v) is 12.5. The van der Waals surface area contributed by atoms with Crippen LogP contribution in [0, 0.1) is 40.4 Å². The number of carbonyl (C=O) groups is 3. The lowest BCUT2D eigenvalue weighted by Crippen LogP contribution is -2.59. The normalized spacial score (nSPS) is 39.8. The monoisotopic (exact) mass is 448 g/mol. The Hall–Kier alpha value is -1.59. The summed E-state index contributed by atoms with van der Waals surface area (Å²) < 4.78 is 17.0. The van der Waals surface area contributed by atoms with Crippen LogP contribution in [0.25, 0.3) is 0 Å². The van der Waals surface area contributed by atoms with Gasteiger partial charge in [-0.1, -0.05) is 27.7 Å². The van der Waals surface area contributed by atoms with E-state index in [1.165, 1.54) is 32.1 Å². The number of hydrogen-bond acceptors (Lipinski definition) is 6. The van der Waals surface area contributed by atoms with Crippen LogP contribution < -0.4 is 0 Å². The van der Waals surface area contributed by atoms with E-state index in [4.69, 9.17) is 14.2 Å². The van der Waals surface area contributed by atoms with Crippen molar-refractivity contribution in [2.24, 2.45) is 40.4 Å². The summed E-state index contributed by atoms with van der Waals surface area (Å²) in [6, 6.07) is 0. The summed E-state index contributed by atoms with van der Waals surface area (Å²) in [4.78, 5) is 38.3. The van der Waals surface area contributed by atoms with Crippen molar-refractivity contribution in [2.75, 3.05) is 6.61 Å². The molecule has 4 bridgehead atoms. The van der Waals surface area contributed by atoms with Crippen molar-refractivity contribution in [3.63, 3.8) is 0 Å². The van der Waals surface area contributed by atoms with E-state index in [2.05, 4.69) is 6.92 Å². The Bertz CT molecular complexity index is 757. The average molecular weight is 449 g/mol. The van der Waals surface area contributed by atoms with E-state index in [0.29, 0.717) is 24.7 Å². The van der Waals surface area contributed by atoms with E-state index in [1.807, 2.05) is 27.7 Å². The van der Waals surface area contributed by atoms with Crippen LogP contribution in [0.5, 0.6) is 0 Å². The van der Waals surface area contributed by atoms with Gasteiger partial charge in [-0.15, -0.1) is 0 Å². The Balaban J connectivity index is 1.41. The average Bonchev–Trinajstić information content (AvgIpc) is 2.98. The molecule has 1 aliphatic heterocycles. The van der Waals surface area contributed by atoms with Crippen molar-refractivity contribution in [3.8, 4) is 0 Å². The molecule has 5 aliphatic rings. The van der Waals surface area contributed by atoms with Gasteiger partial charge in [-0.05, 0) is 82.5 Å². The molecule has 1 heterocycles. The van der Waals surface area contributed by atoms with E-state index in [0.717, 1.165) is 11.8 Å². The minimum atomic E-state index is -0.899. The number of esters is 3. The molecule has 180 valence electrons. The van der Waals surface area contributed by atoms with Crippen molar-refractivity contribution in [1.82, 2.24) is 0 Å². The van der Waals surface area contributed by atoms with Crippen molar-refractivity contribution < 1.29 is 28.6 Å². The minimum absolute atomic E-state index is 0.199. The lowest BCUT2D eigenvalue weighted by atomic mass is 9.50. The van der Waals surface area contributed by atoms with Crippen molar-refractivity contribution >= 4 is 17.9 Å². The number of cyclic esters (lactones) is 1. The summed E-state index contributed by atoms with van der Waals surface area (Å²) >= 11 is 0. The van der Waals surface area contributed by atoms with Gasteiger partial charge < -0.3 is 14.2 Å². The lowest BCUT2D eigenvalue weighted by Gasteiger charge is -2.59. The molecule has 6 nitrogen and oxygen atoms in total. The second-order valence-corrected chi connectivity index (χ2v) is 12.3. The van der Waals surface area contributed by atoms with Gasteiger partial charge in [0.1, 0.15) is 12.2 Å². The molecule has 0 amide bonds. The topological polar surface area (TPSA) is 78.9 Å². The van der Waals surface area contributed by atoms with Crippen LogP contribution in [0.15, 0.2) is 0 Å². The van der Waals surface area contributed by atoms with E-state index < -0.39 is 34.8 Å². The second kappa shape index (κ2) is 8.02. The van der Waals surface area contributed by atoms with Crippen LogP contribution >= 0.6 is 0 Å². The molecule has 0 spiro atoms. The standard InChI is InChI=1S/C26H40O6/c1-7-25(5,13-15(2)21(27)31-20-22(28)30-14-24(20,3)4)23(29)32-26(6)18-9-16-8-17(11-18)12-19(26)10-16/h15-20H,7-14H2,1-6H3. The van der Waals surface area contributed by atoms with Crippen LogP contribution in [0.4, 0.5) is 0 Å². The lowest BCUT2D eigenvalue weighted by molar-refractivity contribution is -0.213. The van der Waals surface area contributed by atoms with Gasteiger partial charge in [0.05, 0.1) is 11.3 Å². The SMILES string of the molecule is CCC(C)(CC(C)C(=O)OC1C(=O)OCC1(C)C)C(=O)OC1(C)C2CC3CC(C2)CC1C3. The highest BCUT2D eigenvalue weighted by Gasteiger charge is 2.58. The predicted molar refractivity (Wildman–Crippen MR) is 118 cm³/mol. The van der Waals surface area contributed by atoms with Gasteiger partial charge in [0.2, 0.25) is 6.10 Å². The van der Waals surface area contributed by atoms with Gasteiger partial charge in [0.25, 0.3) is 0 Å².